The molecule has 0 aliphatic carbocycles. The van der Waals surface area contributed by atoms with Crippen LogP contribution in [0.2, 0.25) is 5.02 Å². The van der Waals surface area contributed by atoms with Gasteiger partial charge in [-0.1, -0.05) is 29.3 Å². The van der Waals surface area contributed by atoms with E-state index in [1.54, 1.807) is 7.11 Å². The molecule has 3 nitrogen and oxygen atoms in total. The number of ether oxygens (including phenoxy) is 1. The maximum Gasteiger partial charge on any atom is 0.137 e. The van der Waals surface area contributed by atoms with Crippen LogP contribution in [0.3, 0.4) is 0 Å². The average molecular weight is 447 g/mol. The van der Waals surface area contributed by atoms with Crippen LogP contribution >= 0.6 is 11.6 Å². The van der Waals surface area contributed by atoms with E-state index in [2.05, 4.69) is 15.9 Å². The fraction of sp³-hybridized carbons (Fsp3) is 0.440. The molecule has 166 valence electrons. The second kappa shape index (κ2) is 10.1. The fourth-order valence-corrected chi connectivity index (χ4v) is 4.96. The first-order valence-corrected chi connectivity index (χ1v) is 11.3. The van der Waals surface area contributed by atoms with Crippen molar-refractivity contribution in [2.45, 2.75) is 38.3 Å². The molecule has 2 saturated heterocycles. The average Bonchev–Trinajstić information content (AvgIpc) is 2.78. The lowest BCUT2D eigenvalue weighted by molar-refractivity contribution is 0.0986. The van der Waals surface area contributed by atoms with Crippen LogP contribution in [-0.2, 0) is 6.54 Å². The molecule has 0 atom stereocenters. The van der Waals surface area contributed by atoms with E-state index < -0.39 is 5.82 Å². The second-order valence-corrected chi connectivity index (χ2v) is 8.89. The quantitative estimate of drug-likeness (QED) is 0.579. The van der Waals surface area contributed by atoms with Gasteiger partial charge in [0.25, 0.3) is 0 Å². The summed E-state index contributed by atoms with van der Waals surface area (Å²) in [6.45, 7) is 5.02. The van der Waals surface area contributed by atoms with Gasteiger partial charge in [-0.3, -0.25) is 9.80 Å². The van der Waals surface area contributed by atoms with Crippen LogP contribution in [0.25, 0.3) is 6.08 Å². The van der Waals surface area contributed by atoms with Gasteiger partial charge in [0.15, 0.2) is 0 Å². The number of halogens is 3. The minimum absolute atomic E-state index is 0.357. The topological polar surface area (TPSA) is 15.7 Å². The van der Waals surface area contributed by atoms with Gasteiger partial charge in [-0.05, 0) is 74.7 Å². The van der Waals surface area contributed by atoms with Gasteiger partial charge < -0.3 is 4.74 Å². The maximum absolute atomic E-state index is 13.9. The zero-order valence-corrected chi connectivity index (χ0v) is 18.7. The molecule has 0 unspecified atom stereocenters. The molecule has 31 heavy (non-hydrogen) atoms. The van der Waals surface area contributed by atoms with Crippen molar-refractivity contribution in [3.63, 3.8) is 0 Å². The summed E-state index contributed by atoms with van der Waals surface area (Å²) < 4.78 is 32.5. The predicted molar refractivity (Wildman–Crippen MR) is 121 cm³/mol. The van der Waals surface area contributed by atoms with Crippen molar-refractivity contribution in [3.05, 3.63) is 69.8 Å². The van der Waals surface area contributed by atoms with Gasteiger partial charge in [-0.25, -0.2) is 8.78 Å². The van der Waals surface area contributed by atoms with Crippen molar-refractivity contribution >= 4 is 17.7 Å². The van der Waals surface area contributed by atoms with Gasteiger partial charge in [0, 0.05) is 31.2 Å². The lowest BCUT2D eigenvalue weighted by atomic mass is 9.96. The third-order valence-corrected chi connectivity index (χ3v) is 6.75. The Morgan fingerprint density at radius 2 is 1.77 bits per heavy atom. The van der Waals surface area contributed by atoms with Gasteiger partial charge in [-0.2, -0.15) is 0 Å². The van der Waals surface area contributed by atoms with Crippen LogP contribution in [0.1, 0.15) is 36.8 Å². The van der Waals surface area contributed by atoms with Gasteiger partial charge in [0.2, 0.25) is 0 Å². The lowest BCUT2D eigenvalue weighted by Gasteiger charge is -2.40. The van der Waals surface area contributed by atoms with Crippen LogP contribution in [0.4, 0.5) is 8.78 Å². The molecule has 0 saturated carbocycles. The Morgan fingerprint density at radius 1 is 1.03 bits per heavy atom. The van der Waals surface area contributed by atoms with Crippen molar-refractivity contribution in [1.29, 1.82) is 0 Å². The zero-order chi connectivity index (χ0) is 21.8. The molecule has 0 amide bonds. The van der Waals surface area contributed by atoms with E-state index in [0.29, 0.717) is 22.4 Å². The monoisotopic (exact) mass is 446 g/mol. The molecule has 2 heterocycles. The highest BCUT2D eigenvalue weighted by Crippen LogP contribution is 2.28. The van der Waals surface area contributed by atoms with Crippen LogP contribution in [0.15, 0.2) is 42.0 Å². The smallest absolute Gasteiger partial charge is 0.137 e. The highest BCUT2D eigenvalue weighted by Gasteiger charge is 2.26. The lowest BCUT2D eigenvalue weighted by Crippen LogP contribution is -2.46. The molecule has 0 N–H and O–H groups in total. The molecule has 2 aromatic carbocycles. The summed E-state index contributed by atoms with van der Waals surface area (Å²) in [6.07, 6.45) is 5.97. The molecular formula is C25H29ClF2N2O. The zero-order valence-electron chi connectivity index (χ0n) is 17.9. The number of piperidine rings is 2. The number of methoxy groups -OCH3 is 1. The summed E-state index contributed by atoms with van der Waals surface area (Å²) in [5.41, 5.74) is 2.77. The third-order valence-electron chi connectivity index (χ3n) is 6.45. The van der Waals surface area contributed by atoms with Crippen LogP contribution in [-0.4, -0.2) is 49.1 Å². The number of benzene rings is 2. The molecule has 2 aliphatic rings. The standard InChI is InChI=1S/C25H29ClF2N2O/c1-31-25-5-2-19(15-23(25)26)17-29-10-8-22(9-11-29)30-12-6-18(7-13-30)14-20-16-21(27)3-4-24(20)28/h2-5,14-16,22H,6-13,17H2,1H3. The molecule has 0 bridgehead atoms. The normalized spacial score (nSPS) is 18.9. The Labute approximate surface area is 188 Å². The first-order valence-electron chi connectivity index (χ1n) is 10.9. The Hall–Kier alpha value is -1.95. The van der Waals surface area contributed by atoms with Crippen LogP contribution < -0.4 is 4.74 Å². The van der Waals surface area contributed by atoms with Crippen molar-refractivity contribution in [3.8, 4) is 5.75 Å². The largest absolute Gasteiger partial charge is 0.495 e. The number of nitrogens with zero attached hydrogens (tertiary/aromatic N) is 2. The summed E-state index contributed by atoms with van der Waals surface area (Å²) in [5, 5.41) is 0.658. The molecule has 4 rings (SSSR count). The molecule has 2 aliphatic heterocycles. The summed E-state index contributed by atoms with van der Waals surface area (Å²) in [5.74, 6) is -0.0426. The molecule has 0 radical (unpaired) electrons. The summed E-state index contributed by atoms with van der Waals surface area (Å²) in [6, 6.07) is 10.2. The predicted octanol–water partition coefficient (Wildman–Crippen LogP) is 5.77. The van der Waals surface area contributed by atoms with Crippen LogP contribution in [0, 0.1) is 11.6 Å². The number of rotatable bonds is 5. The molecule has 2 aromatic rings. The van der Waals surface area contributed by atoms with E-state index in [9.17, 15) is 8.78 Å². The molecular weight excluding hydrogens is 418 g/mol. The first-order chi connectivity index (χ1) is 15.0. The van der Waals surface area contributed by atoms with Gasteiger partial charge in [0.05, 0.1) is 12.1 Å². The van der Waals surface area contributed by atoms with Gasteiger partial charge in [0.1, 0.15) is 17.4 Å². The maximum atomic E-state index is 13.9. The SMILES string of the molecule is COc1ccc(CN2CCC(N3CCC(=Cc4cc(F)ccc4F)CC3)CC2)cc1Cl. The van der Waals surface area contributed by atoms with Gasteiger partial charge >= 0.3 is 0 Å². The number of hydrogen-bond acceptors (Lipinski definition) is 3. The summed E-state index contributed by atoms with van der Waals surface area (Å²) in [4.78, 5) is 5.05. The molecule has 6 heteroatoms. The van der Waals surface area contributed by atoms with E-state index >= 15 is 0 Å². The molecule has 0 aromatic heterocycles. The minimum Gasteiger partial charge on any atom is -0.495 e. The molecule has 0 spiro atoms. The summed E-state index contributed by atoms with van der Waals surface area (Å²) in [7, 11) is 1.63. The second-order valence-electron chi connectivity index (χ2n) is 8.48. The van der Waals surface area contributed by atoms with Crippen molar-refractivity contribution in [2.24, 2.45) is 0 Å². The Bertz CT molecular complexity index is 931. The van der Waals surface area contributed by atoms with Crippen molar-refractivity contribution in [2.75, 3.05) is 33.3 Å². The Kier molecular flexibility index (Phi) is 7.26. The molecule has 2 fully saturated rings. The van der Waals surface area contributed by atoms with E-state index in [1.807, 2.05) is 18.2 Å². The van der Waals surface area contributed by atoms with E-state index in [4.69, 9.17) is 16.3 Å². The number of hydrogen-bond donors (Lipinski definition) is 0. The highest BCUT2D eigenvalue weighted by atomic mass is 35.5. The minimum atomic E-state index is -0.394. The van der Waals surface area contributed by atoms with Gasteiger partial charge in [-0.15, -0.1) is 0 Å². The highest BCUT2D eigenvalue weighted by molar-refractivity contribution is 6.32. The van der Waals surface area contributed by atoms with Crippen molar-refractivity contribution in [1.82, 2.24) is 9.80 Å². The van der Waals surface area contributed by atoms with E-state index in [0.717, 1.165) is 64.5 Å². The summed E-state index contributed by atoms with van der Waals surface area (Å²) >= 11 is 6.26. The van der Waals surface area contributed by atoms with E-state index in [1.165, 1.54) is 23.3 Å². The Morgan fingerprint density at radius 3 is 2.45 bits per heavy atom. The first kappa shape index (κ1) is 22.3. The van der Waals surface area contributed by atoms with Crippen molar-refractivity contribution < 1.29 is 13.5 Å². The fourth-order valence-electron chi connectivity index (χ4n) is 4.67. The third kappa shape index (κ3) is 5.65. The Balaban J connectivity index is 1.26. The van der Waals surface area contributed by atoms with Crippen LogP contribution in [0.5, 0.6) is 5.75 Å². The van der Waals surface area contributed by atoms with E-state index in [-0.39, 0.29) is 5.82 Å². The number of likely N-dealkylation sites (tertiary alicyclic amines) is 2.